The van der Waals surface area contributed by atoms with Crippen LogP contribution in [-0.2, 0) is 0 Å². The van der Waals surface area contributed by atoms with Gasteiger partial charge in [-0.3, -0.25) is 0 Å². The summed E-state index contributed by atoms with van der Waals surface area (Å²) in [5.74, 6) is 1.36. The Labute approximate surface area is 114 Å². The van der Waals surface area contributed by atoms with E-state index in [-0.39, 0.29) is 6.04 Å². The molecule has 0 aliphatic rings. The van der Waals surface area contributed by atoms with Crippen LogP contribution in [0.15, 0.2) is 42.6 Å². The maximum Gasteiger partial charge on any atom is 0.219 e. The quantitative estimate of drug-likeness (QED) is 0.870. The van der Waals surface area contributed by atoms with Gasteiger partial charge in [0, 0.05) is 21.9 Å². The van der Waals surface area contributed by atoms with E-state index in [0.29, 0.717) is 5.88 Å². The van der Waals surface area contributed by atoms with Crippen molar-refractivity contribution in [2.75, 3.05) is 0 Å². The number of halogens is 1. The summed E-state index contributed by atoms with van der Waals surface area (Å²) in [5.41, 5.74) is 6.75. The van der Waals surface area contributed by atoms with Gasteiger partial charge >= 0.3 is 0 Å². The van der Waals surface area contributed by atoms with E-state index in [2.05, 4.69) is 27.6 Å². The molecular formula is C13H13IN2O. The van der Waals surface area contributed by atoms with E-state index in [9.17, 15) is 0 Å². The molecule has 88 valence electrons. The zero-order valence-electron chi connectivity index (χ0n) is 9.43. The van der Waals surface area contributed by atoms with Crippen molar-refractivity contribution in [3.05, 3.63) is 51.7 Å². The molecular weight excluding hydrogens is 327 g/mol. The molecule has 17 heavy (non-hydrogen) atoms. The van der Waals surface area contributed by atoms with Crippen molar-refractivity contribution < 1.29 is 4.74 Å². The Morgan fingerprint density at radius 1 is 1.18 bits per heavy atom. The zero-order valence-corrected chi connectivity index (χ0v) is 11.6. The van der Waals surface area contributed by atoms with Gasteiger partial charge in [0.25, 0.3) is 0 Å². The first kappa shape index (κ1) is 12.3. The summed E-state index contributed by atoms with van der Waals surface area (Å²) in [6.45, 7) is 1.93. The second kappa shape index (κ2) is 5.46. The molecule has 0 unspecified atom stereocenters. The summed E-state index contributed by atoms with van der Waals surface area (Å²) in [6, 6.07) is 11.6. The number of pyridine rings is 1. The Kier molecular flexibility index (Phi) is 3.96. The fourth-order valence-electron chi connectivity index (χ4n) is 1.34. The Bertz CT molecular complexity index is 480. The van der Waals surface area contributed by atoms with Gasteiger partial charge in [0.15, 0.2) is 0 Å². The van der Waals surface area contributed by atoms with Crippen LogP contribution >= 0.6 is 22.6 Å². The summed E-state index contributed by atoms with van der Waals surface area (Å²) < 4.78 is 6.79. The van der Waals surface area contributed by atoms with Crippen LogP contribution in [0.5, 0.6) is 11.6 Å². The molecule has 0 saturated carbocycles. The van der Waals surface area contributed by atoms with Gasteiger partial charge in [-0.05, 0) is 59.3 Å². The number of nitrogens with two attached hydrogens (primary N) is 1. The molecule has 0 aliphatic heterocycles. The van der Waals surface area contributed by atoms with E-state index in [1.54, 1.807) is 6.20 Å². The summed E-state index contributed by atoms with van der Waals surface area (Å²) >= 11 is 2.25. The first-order chi connectivity index (χ1) is 8.15. The zero-order chi connectivity index (χ0) is 12.3. The maximum atomic E-state index is 5.75. The number of aromatic nitrogens is 1. The van der Waals surface area contributed by atoms with Gasteiger partial charge in [0.05, 0.1) is 0 Å². The highest BCUT2D eigenvalue weighted by atomic mass is 127. The minimum atomic E-state index is -0.00477. The Morgan fingerprint density at radius 2 is 1.88 bits per heavy atom. The Morgan fingerprint density at radius 3 is 2.41 bits per heavy atom. The average Bonchev–Trinajstić information content (AvgIpc) is 2.33. The SMILES string of the molecule is C[C@H](N)c1ccc(Oc2ccc(I)cc2)nc1. The summed E-state index contributed by atoms with van der Waals surface area (Å²) in [6.07, 6.45) is 1.74. The standard InChI is InChI=1S/C13H13IN2O/c1-9(15)10-2-7-13(16-8-10)17-12-5-3-11(14)4-6-12/h2-9H,15H2,1H3/t9-/m0/s1. The number of ether oxygens (including phenoxy) is 1. The molecule has 1 atom stereocenters. The van der Waals surface area contributed by atoms with Gasteiger partial charge in [0.1, 0.15) is 5.75 Å². The van der Waals surface area contributed by atoms with Crippen LogP contribution in [0.2, 0.25) is 0 Å². The van der Waals surface area contributed by atoms with Gasteiger partial charge < -0.3 is 10.5 Å². The molecule has 2 rings (SSSR count). The third-order valence-corrected chi connectivity index (χ3v) is 3.04. The molecule has 0 amide bonds. The van der Waals surface area contributed by atoms with Gasteiger partial charge in [-0.1, -0.05) is 6.07 Å². The molecule has 0 spiro atoms. The predicted octanol–water partition coefficient (Wildman–Crippen LogP) is 3.50. The highest BCUT2D eigenvalue weighted by Crippen LogP contribution is 2.21. The molecule has 0 fully saturated rings. The van der Waals surface area contributed by atoms with Crippen molar-refractivity contribution >= 4 is 22.6 Å². The van der Waals surface area contributed by atoms with Gasteiger partial charge in [-0.25, -0.2) is 4.98 Å². The highest BCUT2D eigenvalue weighted by molar-refractivity contribution is 14.1. The number of hydrogen-bond donors (Lipinski definition) is 1. The Hall–Kier alpha value is -1.14. The largest absolute Gasteiger partial charge is 0.439 e. The third-order valence-electron chi connectivity index (χ3n) is 2.32. The fraction of sp³-hybridized carbons (Fsp3) is 0.154. The van der Waals surface area contributed by atoms with Crippen molar-refractivity contribution in [1.82, 2.24) is 4.98 Å². The van der Waals surface area contributed by atoms with Crippen LogP contribution in [-0.4, -0.2) is 4.98 Å². The first-order valence-electron chi connectivity index (χ1n) is 5.30. The average molecular weight is 340 g/mol. The lowest BCUT2D eigenvalue weighted by Gasteiger charge is -2.07. The minimum absolute atomic E-state index is 0.00477. The molecule has 0 saturated heterocycles. The highest BCUT2D eigenvalue weighted by Gasteiger charge is 2.02. The molecule has 0 radical (unpaired) electrons. The first-order valence-corrected chi connectivity index (χ1v) is 6.38. The molecule has 4 heteroatoms. The molecule has 0 bridgehead atoms. The summed E-state index contributed by atoms with van der Waals surface area (Å²) in [5, 5.41) is 0. The lowest BCUT2D eigenvalue weighted by molar-refractivity contribution is 0.462. The van der Waals surface area contributed by atoms with E-state index in [1.165, 1.54) is 3.57 Å². The number of hydrogen-bond acceptors (Lipinski definition) is 3. The summed E-state index contributed by atoms with van der Waals surface area (Å²) in [4.78, 5) is 4.21. The van der Waals surface area contributed by atoms with Crippen LogP contribution in [0.4, 0.5) is 0 Å². The molecule has 3 nitrogen and oxygen atoms in total. The number of rotatable bonds is 3. The maximum absolute atomic E-state index is 5.75. The van der Waals surface area contributed by atoms with E-state index < -0.39 is 0 Å². The van der Waals surface area contributed by atoms with E-state index in [1.807, 2.05) is 43.3 Å². The lowest BCUT2D eigenvalue weighted by Crippen LogP contribution is -2.05. The normalized spacial score (nSPS) is 12.2. The molecule has 1 aromatic carbocycles. The van der Waals surface area contributed by atoms with Crippen LogP contribution < -0.4 is 10.5 Å². The number of benzene rings is 1. The van der Waals surface area contributed by atoms with E-state index >= 15 is 0 Å². The van der Waals surface area contributed by atoms with Gasteiger partial charge in [-0.2, -0.15) is 0 Å². The van der Waals surface area contributed by atoms with Gasteiger partial charge in [-0.15, -0.1) is 0 Å². The smallest absolute Gasteiger partial charge is 0.219 e. The predicted molar refractivity (Wildman–Crippen MR) is 76.1 cm³/mol. The van der Waals surface area contributed by atoms with Gasteiger partial charge in [0.2, 0.25) is 5.88 Å². The molecule has 1 aromatic heterocycles. The van der Waals surface area contributed by atoms with Crippen molar-refractivity contribution in [3.63, 3.8) is 0 Å². The van der Waals surface area contributed by atoms with E-state index in [4.69, 9.17) is 10.5 Å². The molecule has 2 N–H and O–H groups in total. The van der Waals surface area contributed by atoms with Crippen LogP contribution in [0.25, 0.3) is 0 Å². The van der Waals surface area contributed by atoms with Crippen molar-refractivity contribution in [2.24, 2.45) is 5.73 Å². The monoisotopic (exact) mass is 340 g/mol. The van der Waals surface area contributed by atoms with Crippen molar-refractivity contribution in [1.29, 1.82) is 0 Å². The molecule has 2 aromatic rings. The Balaban J connectivity index is 2.11. The second-order valence-electron chi connectivity index (χ2n) is 3.77. The number of nitrogens with zero attached hydrogens (tertiary/aromatic N) is 1. The summed E-state index contributed by atoms with van der Waals surface area (Å²) in [7, 11) is 0. The lowest BCUT2D eigenvalue weighted by atomic mass is 10.2. The third kappa shape index (κ3) is 3.41. The van der Waals surface area contributed by atoms with Crippen LogP contribution in [0, 0.1) is 3.57 Å². The topological polar surface area (TPSA) is 48.1 Å². The van der Waals surface area contributed by atoms with E-state index in [0.717, 1.165) is 11.3 Å². The fourth-order valence-corrected chi connectivity index (χ4v) is 1.70. The van der Waals surface area contributed by atoms with Crippen molar-refractivity contribution in [3.8, 4) is 11.6 Å². The van der Waals surface area contributed by atoms with Crippen LogP contribution in [0.1, 0.15) is 18.5 Å². The molecule has 0 aliphatic carbocycles. The molecule has 1 heterocycles. The minimum Gasteiger partial charge on any atom is -0.439 e. The van der Waals surface area contributed by atoms with Crippen LogP contribution in [0.3, 0.4) is 0 Å². The van der Waals surface area contributed by atoms with Crippen molar-refractivity contribution in [2.45, 2.75) is 13.0 Å². The second-order valence-corrected chi connectivity index (χ2v) is 5.02.